The predicted molar refractivity (Wildman–Crippen MR) is 262 cm³/mol. The summed E-state index contributed by atoms with van der Waals surface area (Å²) in [5, 5.41) is 0. The first kappa shape index (κ1) is 36.6. The van der Waals surface area contributed by atoms with Crippen molar-refractivity contribution in [3.05, 3.63) is 219 Å². The molecule has 4 unspecified atom stereocenters. The van der Waals surface area contributed by atoms with Gasteiger partial charge < -0.3 is 9.64 Å². The predicted octanol–water partition coefficient (Wildman–Crippen LogP) is 16.1. The lowest BCUT2D eigenvalue weighted by molar-refractivity contribution is 0.474. The normalized spacial score (nSPS) is 23.0. The van der Waals surface area contributed by atoms with E-state index in [-0.39, 0.29) is 15.9 Å². The SMILES string of the molecule is C=S1C2=C(C=CCC2C2C=C(C3=C4Sc5ccccc5C4CC=C3)C=C(c3ccc4c(c3)Oc3c(ccc5c3-c3ccccc3C5(C)C)N4c3ccccc3)C2)c2ccccc21. The molecule has 0 amide bonds. The quantitative estimate of drug-likeness (QED) is 0.164. The van der Waals surface area contributed by atoms with Crippen molar-refractivity contribution < 1.29 is 4.74 Å². The molecule has 300 valence electrons. The van der Waals surface area contributed by atoms with Gasteiger partial charge in [-0.3, -0.25) is 0 Å². The highest BCUT2D eigenvalue weighted by atomic mass is 32.2. The lowest BCUT2D eigenvalue weighted by atomic mass is 9.74. The molecule has 0 saturated carbocycles. The Balaban J connectivity index is 0.964. The van der Waals surface area contributed by atoms with E-state index in [1.165, 1.54) is 80.8 Å². The first-order valence-corrected chi connectivity index (χ1v) is 24.2. The van der Waals surface area contributed by atoms with E-state index in [4.69, 9.17) is 10.6 Å². The number of allylic oxidation sites excluding steroid dienone is 12. The molecule has 0 radical (unpaired) electrons. The van der Waals surface area contributed by atoms with Gasteiger partial charge in [-0.1, -0.05) is 159 Å². The number of hydrogen-bond acceptors (Lipinski definition) is 3. The number of nitrogens with zero attached hydrogens (tertiary/aromatic N) is 1. The van der Waals surface area contributed by atoms with Gasteiger partial charge in [0.05, 0.1) is 11.4 Å². The Morgan fingerprint density at radius 2 is 1.50 bits per heavy atom. The smallest absolute Gasteiger partial charge is 0.159 e. The Labute approximate surface area is 371 Å². The molecule has 0 fully saturated rings. The van der Waals surface area contributed by atoms with Gasteiger partial charge in [-0.25, -0.2) is 0 Å². The summed E-state index contributed by atoms with van der Waals surface area (Å²) in [6.07, 6.45) is 17.8. The molecule has 2 nitrogen and oxygen atoms in total. The van der Waals surface area contributed by atoms with Crippen LogP contribution in [0.15, 0.2) is 201 Å². The van der Waals surface area contributed by atoms with E-state index >= 15 is 0 Å². The fraction of sp³-hybridized carbons (Fsp3) is 0.155. The molecule has 6 aromatic carbocycles. The molecule has 0 saturated heterocycles. The van der Waals surface area contributed by atoms with Crippen molar-refractivity contribution in [1.29, 1.82) is 0 Å². The Hall–Kier alpha value is -6.07. The molecule has 0 bridgehead atoms. The second kappa shape index (κ2) is 13.7. The fourth-order valence-electron chi connectivity index (χ4n) is 11.5. The van der Waals surface area contributed by atoms with Crippen molar-refractivity contribution in [1.82, 2.24) is 0 Å². The van der Waals surface area contributed by atoms with E-state index in [9.17, 15) is 0 Å². The van der Waals surface area contributed by atoms with E-state index in [1.807, 2.05) is 11.8 Å². The van der Waals surface area contributed by atoms with Crippen LogP contribution >= 0.6 is 22.2 Å². The number of fused-ring (bicyclic) bond motifs is 11. The summed E-state index contributed by atoms with van der Waals surface area (Å²) >= 11 is 1.98. The number of rotatable bonds is 4. The maximum atomic E-state index is 7.31. The van der Waals surface area contributed by atoms with Crippen molar-refractivity contribution in [2.75, 3.05) is 4.90 Å². The second-order valence-electron chi connectivity index (χ2n) is 18.1. The van der Waals surface area contributed by atoms with Gasteiger partial charge in [-0.05, 0) is 128 Å². The molecule has 3 heterocycles. The molecular formula is C58H45NOS2. The number of anilines is 3. The Morgan fingerprint density at radius 1 is 0.742 bits per heavy atom. The summed E-state index contributed by atoms with van der Waals surface area (Å²) in [5.74, 6) is 7.77. The van der Waals surface area contributed by atoms with Gasteiger partial charge >= 0.3 is 0 Å². The zero-order valence-electron chi connectivity index (χ0n) is 34.9. The number of benzene rings is 6. The Kier molecular flexibility index (Phi) is 8.09. The highest BCUT2D eigenvalue weighted by Gasteiger charge is 2.42. The minimum absolute atomic E-state index is 0.131. The van der Waals surface area contributed by atoms with Crippen LogP contribution in [-0.4, -0.2) is 5.87 Å². The summed E-state index contributed by atoms with van der Waals surface area (Å²) in [7, 11) is -0.192. The Bertz CT molecular complexity index is 3170. The van der Waals surface area contributed by atoms with Gasteiger partial charge in [0.15, 0.2) is 11.5 Å². The minimum Gasteiger partial charge on any atom is -0.452 e. The average molecular weight is 836 g/mol. The lowest BCUT2D eigenvalue weighted by Crippen LogP contribution is -2.20. The standard InChI is InChI=1S/C58H45NOS2/c1-58(2)47-24-10-7-19-46(47)54-48(58)28-30-50-55(54)60-51-34-35(27-29-49(51)59(50)39-15-5-4-6-16-39)36-31-37(40-20-13-22-44-42-17-8-11-25-52(42)61-56(40)44)33-38(32-36)41-21-14-23-45-43-18-9-12-26-53(43)62(3)57(41)45/h4-20,23-31,33-34,38,41,44H,3,21-22,32H2,1-2H3. The molecule has 7 aliphatic rings. The highest BCUT2D eigenvalue weighted by molar-refractivity contribution is 8.18. The average Bonchev–Trinajstić information content (AvgIpc) is 3.93. The first-order valence-electron chi connectivity index (χ1n) is 22.0. The van der Waals surface area contributed by atoms with Gasteiger partial charge in [0.25, 0.3) is 0 Å². The van der Waals surface area contributed by atoms with Crippen LogP contribution in [0.25, 0.3) is 22.3 Å². The number of hydrogen-bond donors (Lipinski definition) is 0. The number of para-hydroxylation sites is 1. The monoisotopic (exact) mass is 835 g/mol. The van der Waals surface area contributed by atoms with Crippen molar-refractivity contribution >= 4 is 56.3 Å². The highest BCUT2D eigenvalue weighted by Crippen LogP contribution is 2.62. The number of thioether (sulfide) groups is 1. The summed E-state index contributed by atoms with van der Waals surface area (Å²) in [4.78, 5) is 8.22. The van der Waals surface area contributed by atoms with E-state index < -0.39 is 0 Å². The van der Waals surface area contributed by atoms with Crippen LogP contribution in [0.3, 0.4) is 0 Å². The summed E-state index contributed by atoms with van der Waals surface area (Å²) in [6.45, 7) is 4.69. The van der Waals surface area contributed by atoms with Crippen LogP contribution in [0.5, 0.6) is 11.5 Å². The van der Waals surface area contributed by atoms with E-state index in [0.29, 0.717) is 17.8 Å². The van der Waals surface area contributed by atoms with Crippen LogP contribution in [0.4, 0.5) is 17.1 Å². The third-order valence-corrected chi connectivity index (χ3v) is 17.7. The summed E-state index contributed by atoms with van der Waals surface area (Å²) < 4.78 is 7.31. The molecule has 0 aromatic heterocycles. The molecule has 6 aromatic rings. The lowest BCUT2D eigenvalue weighted by Gasteiger charge is -2.35. The third-order valence-electron chi connectivity index (χ3n) is 14.5. The van der Waals surface area contributed by atoms with Crippen molar-refractivity contribution in [2.24, 2.45) is 11.8 Å². The van der Waals surface area contributed by atoms with Crippen LogP contribution < -0.4 is 9.64 Å². The maximum absolute atomic E-state index is 7.31. The number of ether oxygens (including phenoxy) is 1. The second-order valence-corrected chi connectivity index (χ2v) is 20.9. The van der Waals surface area contributed by atoms with Crippen molar-refractivity contribution in [2.45, 2.75) is 54.2 Å². The van der Waals surface area contributed by atoms with Crippen molar-refractivity contribution in [3.63, 3.8) is 0 Å². The van der Waals surface area contributed by atoms with E-state index in [1.54, 1.807) is 0 Å². The van der Waals surface area contributed by atoms with E-state index in [2.05, 4.69) is 189 Å². The topological polar surface area (TPSA) is 12.5 Å². The molecule has 13 rings (SSSR count). The van der Waals surface area contributed by atoms with Gasteiger partial charge in [0.2, 0.25) is 0 Å². The zero-order chi connectivity index (χ0) is 41.3. The maximum Gasteiger partial charge on any atom is 0.159 e. The molecule has 3 aliphatic heterocycles. The van der Waals surface area contributed by atoms with Gasteiger partial charge in [-0.15, -0.1) is 10.5 Å². The van der Waals surface area contributed by atoms with Crippen LogP contribution in [-0.2, 0) is 5.41 Å². The molecule has 4 aliphatic carbocycles. The fourth-order valence-corrected chi connectivity index (χ4v) is 14.9. The minimum atomic E-state index is -0.192. The van der Waals surface area contributed by atoms with Gasteiger partial charge in [0.1, 0.15) is 0 Å². The van der Waals surface area contributed by atoms with Gasteiger partial charge in [0, 0.05) is 43.2 Å². The molecule has 4 atom stereocenters. The molecular weight excluding hydrogens is 791 g/mol. The molecule has 0 spiro atoms. The first-order chi connectivity index (χ1) is 30.4. The van der Waals surface area contributed by atoms with Crippen LogP contribution in [0.1, 0.15) is 66.8 Å². The van der Waals surface area contributed by atoms with Crippen molar-refractivity contribution in [3.8, 4) is 22.6 Å². The molecule has 0 N–H and O–H groups in total. The summed E-state index contributed by atoms with van der Waals surface area (Å²) in [6, 6.07) is 49.3. The Morgan fingerprint density at radius 3 is 2.40 bits per heavy atom. The third kappa shape index (κ3) is 5.29. The van der Waals surface area contributed by atoms with Crippen LogP contribution in [0.2, 0.25) is 0 Å². The molecule has 4 heteroatoms. The van der Waals surface area contributed by atoms with E-state index in [0.717, 1.165) is 47.8 Å². The van der Waals surface area contributed by atoms with Gasteiger partial charge in [-0.2, -0.15) is 0 Å². The zero-order valence-corrected chi connectivity index (χ0v) is 36.5. The van der Waals surface area contributed by atoms with Crippen LogP contribution in [0, 0.1) is 11.8 Å². The summed E-state index contributed by atoms with van der Waals surface area (Å²) in [5.41, 5.74) is 17.8. The largest absolute Gasteiger partial charge is 0.452 e. The molecule has 62 heavy (non-hydrogen) atoms.